The second-order valence-corrected chi connectivity index (χ2v) is 9.37. The second kappa shape index (κ2) is 9.22. The summed E-state index contributed by atoms with van der Waals surface area (Å²) in [6.45, 7) is 9.40. The number of benzene rings is 1. The van der Waals surface area contributed by atoms with Crippen molar-refractivity contribution in [2.45, 2.75) is 31.8 Å². The number of piperazine rings is 1. The van der Waals surface area contributed by atoms with Gasteiger partial charge in [0, 0.05) is 50.4 Å². The van der Waals surface area contributed by atoms with Gasteiger partial charge in [-0.1, -0.05) is 13.8 Å². The minimum Gasteiger partial charge on any atom is -0.612 e. The number of hydrogen-bond donors (Lipinski definition) is 0. The summed E-state index contributed by atoms with van der Waals surface area (Å²) in [4.78, 5) is 18.4. The van der Waals surface area contributed by atoms with Gasteiger partial charge in [-0.25, -0.2) is 4.68 Å². The minimum absolute atomic E-state index is 0.00246. The van der Waals surface area contributed by atoms with Crippen LogP contribution in [0.15, 0.2) is 40.0 Å². The SMILES string of the molecule is CC(C)Cn1nc(-c2ccc([S+](C)[O-])cc2)cc(CN2CCN(C)CC2)c1=O. The monoisotopic (exact) mass is 402 g/mol. The summed E-state index contributed by atoms with van der Waals surface area (Å²) >= 11 is -1.01. The maximum absolute atomic E-state index is 13.0. The number of nitrogens with zero attached hydrogens (tertiary/aromatic N) is 4. The molecule has 1 atom stereocenters. The zero-order valence-electron chi connectivity index (χ0n) is 17.2. The lowest BCUT2D eigenvalue weighted by Crippen LogP contribution is -2.45. The van der Waals surface area contributed by atoms with Crippen molar-refractivity contribution in [1.82, 2.24) is 19.6 Å². The van der Waals surface area contributed by atoms with Gasteiger partial charge in [0.05, 0.1) is 5.69 Å². The zero-order valence-corrected chi connectivity index (χ0v) is 18.0. The Balaban J connectivity index is 1.94. The molecule has 1 saturated heterocycles. The fourth-order valence-electron chi connectivity index (χ4n) is 3.39. The fourth-order valence-corrected chi connectivity index (χ4v) is 3.90. The molecule has 1 fully saturated rings. The van der Waals surface area contributed by atoms with Gasteiger partial charge in [0.15, 0.2) is 4.90 Å². The van der Waals surface area contributed by atoms with E-state index in [1.807, 2.05) is 30.3 Å². The Labute approximate surface area is 170 Å². The van der Waals surface area contributed by atoms with E-state index < -0.39 is 11.2 Å². The molecule has 0 saturated carbocycles. The minimum atomic E-state index is -1.01. The highest BCUT2D eigenvalue weighted by Gasteiger charge is 2.18. The van der Waals surface area contributed by atoms with E-state index in [-0.39, 0.29) is 5.56 Å². The van der Waals surface area contributed by atoms with Crippen LogP contribution in [-0.2, 0) is 24.3 Å². The Morgan fingerprint density at radius 2 is 1.79 bits per heavy atom. The maximum atomic E-state index is 13.0. The van der Waals surface area contributed by atoms with Gasteiger partial charge in [0.2, 0.25) is 0 Å². The van der Waals surface area contributed by atoms with Crippen LogP contribution in [0.4, 0.5) is 0 Å². The van der Waals surface area contributed by atoms with Crippen molar-refractivity contribution in [2.24, 2.45) is 5.92 Å². The molecule has 1 unspecified atom stereocenters. The van der Waals surface area contributed by atoms with Gasteiger partial charge in [-0.05, 0) is 54.5 Å². The van der Waals surface area contributed by atoms with E-state index >= 15 is 0 Å². The Morgan fingerprint density at radius 1 is 1.14 bits per heavy atom. The molecule has 1 aliphatic rings. The number of hydrogen-bond acceptors (Lipinski definition) is 5. The summed E-state index contributed by atoms with van der Waals surface area (Å²) in [5.41, 5.74) is 2.52. The number of aromatic nitrogens is 2. The summed E-state index contributed by atoms with van der Waals surface area (Å²) in [5.74, 6) is 0.335. The van der Waals surface area contributed by atoms with Crippen LogP contribution in [0.1, 0.15) is 19.4 Å². The van der Waals surface area contributed by atoms with Crippen molar-refractivity contribution in [1.29, 1.82) is 0 Å². The van der Waals surface area contributed by atoms with Gasteiger partial charge >= 0.3 is 0 Å². The van der Waals surface area contributed by atoms with Crippen molar-refractivity contribution in [2.75, 3.05) is 39.5 Å². The summed E-state index contributed by atoms with van der Waals surface area (Å²) in [5, 5.41) is 4.62. The summed E-state index contributed by atoms with van der Waals surface area (Å²) in [6, 6.07) is 9.53. The van der Waals surface area contributed by atoms with Crippen LogP contribution in [0.2, 0.25) is 0 Å². The third kappa shape index (κ3) is 5.23. The van der Waals surface area contributed by atoms with E-state index in [2.05, 4.69) is 35.8 Å². The molecule has 28 heavy (non-hydrogen) atoms. The highest BCUT2D eigenvalue weighted by atomic mass is 32.2. The quantitative estimate of drug-likeness (QED) is 0.692. The Bertz CT molecular complexity index is 840. The first kappa shape index (κ1) is 21.0. The van der Waals surface area contributed by atoms with Crippen molar-refractivity contribution in [3.63, 3.8) is 0 Å². The van der Waals surface area contributed by atoms with Gasteiger partial charge in [0.1, 0.15) is 6.26 Å². The van der Waals surface area contributed by atoms with E-state index in [0.717, 1.165) is 47.9 Å². The standard InChI is InChI=1S/C21H30N4O2S/c1-16(2)14-25-21(26)18(15-24-11-9-23(3)10-12-24)13-20(22-25)17-5-7-19(8-6-17)28(4)27/h5-8,13,16H,9-12,14-15H2,1-4H3. The van der Waals surface area contributed by atoms with Gasteiger partial charge in [-0.15, -0.1) is 0 Å². The molecule has 152 valence electrons. The molecule has 0 amide bonds. The third-order valence-corrected chi connectivity index (χ3v) is 5.99. The van der Waals surface area contributed by atoms with Gasteiger partial charge in [-0.3, -0.25) is 9.69 Å². The molecular formula is C21H30N4O2S. The van der Waals surface area contributed by atoms with Crippen LogP contribution in [-0.4, -0.2) is 63.6 Å². The molecule has 1 aliphatic heterocycles. The first-order valence-electron chi connectivity index (χ1n) is 9.79. The van der Waals surface area contributed by atoms with Crippen LogP contribution in [0, 0.1) is 5.92 Å². The van der Waals surface area contributed by atoms with Gasteiger partial charge < -0.3 is 9.45 Å². The highest BCUT2D eigenvalue weighted by Crippen LogP contribution is 2.20. The Hall–Kier alpha value is -1.67. The van der Waals surface area contributed by atoms with E-state index in [0.29, 0.717) is 19.0 Å². The lowest BCUT2D eigenvalue weighted by atomic mass is 10.1. The molecular weight excluding hydrogens is 372 g/mol. The second-order valence-electron chi connectivity index (χ2n) is 7.99. The van der Waals surface area contributed by atoms with Gasteiger partial charge in [0.25, 0.3) is 5.56 Å². The summed E-state index contributed by atoms with van der Waals surface area (Å²) in [7, 11) is 2.13. The van der Waals surface area contributed by atoms with Crippen molar-refractivity contribution < 1.29 is 4.55 Å². The van der Waals surface area contributed by atoms with Crippen molar-refractivity contribution in [3.8, 4) is 11.3 Å². The maximum Gasteiger partial charge on any atom is 0.271 e. The molecule has 0 N–H and O–H groups in total. The van der Waals surface area contributed by atoms with Crippen LogP contribution in [0.25, 0.3) is 11.3 Å². The van der Waals surface area contributed by atoms with Crippen LogP contribution < -0.4 is 5.56 Å². The fraction of sp³-hybridized carbons (Fsp3) is 0.524. The number of rotatable bonds is 6. The molecule has 2 heterocycles. The molecule has 0 radical (unpaired) electrons. The molecule has 0 spiro atoms. The lowest BCUT2D eigenvalue weighted by molar-refractivity contribution is 0.147. The average Bonchev–Trinajstić information content (AvgIpc) is 2.66. The van der Waals surface area contributed by atoms with E-state index in [1.54, 1.807) is 10.9 Å². The van der Waals surface area contributed by atoms with Crippen molar-refractivity contribution in [3.05, 3.63) is 46.2 Å². The Kier molecular flexibility index (Phi) is 6.93. The predicted octanol–water partition coefficient (Wildman–Crippen LogP) is 2.05. The predicted molar refractivity (Wildman–Crippen MR) is 114 cm³/mol. The van der Waals surface area contributed by atoms with Crippen LogP contribution in [0.5, 0.6) is 0 Å². The lowest BCUT2D eigenvalue weighted by Gasteiger charge is -2.32. The average molecular weight is 403 g/mol. The van der Waals surface area contributed by atoms with Crippen LogP contribution in [0.3, 0.4) is 0 Å². The molecule has 3 rings (SSSR count). The largest absolute Gasteiger partial charge is 0.612 e. The highest BCUT2D eigenvalue weighted by molar-refractivity contribution is 7.90. The smallest absolute Gasteiger partial charge is 0.271 e. The first-order valence-corrected chi connectivity index (χ1v) is 11.3. The van der Waals surface area contributed by atoms with Gasteiger partial charge in [-0.2, -0.15) is 5.10 Å². The molecule has 6 nitrogen and oxygen atoms in total. The molecule has 0 bridgehead atoms. The normalized spacial score (nSPS) is 17.2. The van der Waals surface area contributed by atoms with Crippen molar-refractivity contribution >= 4 is 11.2 Å². The van der Waals surface area contributed by atoms with E-state index in [9.17, 15) is 9.35 Å². The molecule has 1 aromatic heterocycles. The molecule has 0 aliphatic carbocycles. The molecule has 7 heteroatoms. The van der Waals surface area contributed by atoms with E-state index in [1.165, 1.54) is 0 Å². The summed E-state index contributed by atoms with van der Waals surface area (Å²) in [6.07, 6.45) is 1.67. The number of likely N-dealkylation sites (N-methyl/N-ethyl adjacent to an activating group) is 1. The molecule has 2 aromatic rings. The van der Waals surface area contributed by atoms with E-state index in [4.69, 9.17) is 0 Å². The third-order valence-electron chi connectivity index (χ3n) is 5.06. The Morgan fingerprint density at radius 3 is 2.36 bits per heavy atom. The summed E-state index contributed by atoms with van der Waals surface area (Å²) < 4.78 is 13.3. The first-order chi connectivity index (χ1) is 13.3. The van der Waals surface area contributed by atoms with Crippen LogP contribution >= 0.6 is 0 Å². The topological polar surface area (TPSA) is 64.4 Å². The molecule has 1 aromatic carbocycles. The zero-order chi connectivity index (χ0) is 20.3.